The van der Waals surface area contributed by atoms with Crippen LogP contribution < -0.4 is 4.90 Å². The molecule has 0 aromatic heterocycles. The van der Waals surface area contributed by atoms with Crippen molar-refractivity contribution in [1.82, 2.24) is 4.90 Å². The number of hydrogen-bond acceptors (Lipinski definition) is 3. The molecule has 2 atom stereocenters. The molecule has 1 aromatic rings. The van der Waals surface area contributed by atoms with E-state index in [0.717, 1.165) is 68.5 Å². The highest BCUT2D eigenvalue weighted by Gasteiger charge is 2.60. The van der Waals surface area contributed by atoms with Crippen molar-refractivity contribution in [2.45, 2.75) is 49.8 Å². The molecule has 1 aromatic carbocycles. The van der Waals surface area contributed by atoms with Gasteiger partial charge in [0.25, 0.3) is 0 Å². The molecular weight excluding hydrogens is 416 g/mol. The number of rotatable bonds is 3. The number of carbonyl (C=O) groups excluding carboxylic acids is 2. The number of anilines is 1. The van der Waals surface area contributed by atoms with Gasteiger partial charge in [0.05, 0.1) is 5.41 Å². The van der Waals surface area contributed by atoms with E-state index in [2.05, 4.69) is 25.7 Å². The number of benzene rings is 1. The van der Waals surface area contributed by atoms with Crippen LogP contribution in [0.4, 0.5) is 5.69 Å². The number of carbonyl (C=O) groups is 2. The Morgan fingerprint density at radius 1 is 0.964 bits per heavy atom. The molecule has 1 heterocycles. The van der Waals surface area contributed by atoms with Crippen LogP contribution in [0.25, 0.3) is 0 Å². The summed E-state index contributed by atoms with van der Waals surface area (Å²) < 4.78 is 0.229. The van der Waals surface area contributed by atoms with Crippen LogP contribution in [-0.4, -0.2) is 47.1 Å². The number of nitrogens with zero attached hydrogens (tertiary/aromatic N) is 2. The van der Waals surface area contributed by atoms with Crippen LogP contribution in [0.1, 0.15) is 55.8 Å². The largest absolute Gasteiger partial charge is 0.368 e. The molecule has 150 valence electrons. The highest BCUT2D eigenvalue weighted by atomic mass is 79.9. The molecular formula is C23H29BrN2O2. The molecule has 4 aliphatic carbocycles. The van der Waals surface area contributed by atoms with E-state index < -0.39 is 0 Å². The van der Waals surface area contributed by atoms with E-state index in [1.54, 1.807) is 6.92 Å². The molecule has 28 heavy (non-hydrogen) atoms. The van der Waals surface area contributed by atoms with Crippen molar-refractivity contribution in [1.29, 1.82) is 0 Å². The summed E-state index contributed by atoms with van der Waals surface area (Å²) in [6, 6.07) is 7.87. The van der Waals surface area contributed by atoms with Gasteiger partial charge in [-0.3, -0.25) is 9.59 Å². The van der Waals surface area contributed by atoms with Gasteiger partial charge in [-0.05, 0) is 81.5 Å². The first-order valence-electron chi connectivity index (χ1n) is 10.7. The molecule has 6 rings (SSSR count). The van der Waals surface area contributed by atoms with E-state index in [1.165, 1.54) is 19.3 Å². The molecule has 1 aliphatic heterocycles. The minimum atomic E-state index is -0.0983. The van der Waals surface area contributed by atoms with Gasteiger partial charge in [0.15, 0.2) is 5.78 Å². The quantitative estimate of drug-likeness (QED) is 0.516. The zero-order valence-corrected chi connectivity index (χ0v) is 18.2. The third-order valence-corrected chi connectivity index (χ3v) is 8.58. The molecule has 0 N–H and O–H groups in total. The molecule has 1 saturated heterocycles. The van der Waals surface area contributed by atoms with Gasteiger partial charge < -0.3 is 9.80 Å². The second-order valence-electron chi connectivity index (χ2n) is 9.77. The Balaban J connectivity index is 1.26. The fourth-order valence-electron chi connectivity index (χ4n) is 6.81. The second kappa shape index (κ2) is 6.58. The van der Waals surface area contributed by atoms with Crippen molar-refractivity contribution in [3.05, 3.63) is 29.8 Å². The lowest BCUT2D eigenvalue weighted by Crippen LogP contribution is -2.61. The number of Topliss-reactive ketones (excluding diaryl/α,β-unsaturated/α-hetero) is 1. The average Bonchev–Trinajstić information content (AvgIpc) is 2.66. The molecule has 0 spiro atoms. The lowest BCUT2D eigenvalue weighted by molar-refractivity contribution is -0.155. The number of alkyl halides is 1. The molecule has 0 radical (unpaired) electrons. The molecule has 4 saturated carbocycles. The van der Waals surface area contributed by atoms with Gasteiger partial charge in [-0.1, -0.05) is 15.9 Å². The molecule has 2 unspecified atom stereocenters. The van der Waals surface area contributed by atoms with Crippen LogP contribution in [0, 0.1) is 17.3 Å². The first-order chi connectivity index (χ1) is 13.4. The second-order valence-corrected chi connectivity index (χ2v) is 11.5. The molecule has 4 nitrogen and oxygen atoms in total. The molecule has 1 amide bonds. The lowest BCUT2D eigenvalue weighted by Gasteiger charge is -2.60. The molecule has 5 heteroatoms. The topological polar surface area (TPSA) is 40.6 Å². The number of hydrogen-bond donors (Lipinski definition) is 0. The summed E-state index contributed by atoms with van der Waals surface area (Å²) in [4.78, 5) is 29.6. The van der Waals surface area contributed by atoms with Gasteiger partial charge in [-0.15, -0.1) is 0 Å². The Bertz CT molecular complexity index is 783. The maximum absolute atomic E-state index is 13.6. The van der Waals surface area contributed by atoms with Crippen molar-refractivity contribution in [3.63, 3.8) is 0 Å². The third kappa shape index (κ3) is 3.10. The summed E-state index contributed by atoms with van der Waals surface area (Å²) >= 11 is 4.04. The summed E-state index contributed by atoms with van der Waals surface area (Å²) in [6.45, 7) is 4.95. The van der Waals surface area contributed by atoms with E-state index in [-0.39, 0.29) is 15.5 Å². The fraction of sp³-hybridized carbons (Fsp3) is 0.652. The van der Waals surface area contributed by atoms with Crippen LogP contribution in [-0.2, 0) is 4.79 Å². The van der Waals surface area contributed by atoms with Gasteiger partial charge in [0.2, 0.25) is 5.91 Å². The highest BCUT2D eigenvalue weighted by molar-refractivity contribution is 9.10. The Hall–Kier alpha value is -1.36. The summed E-state index contributed by atoms with van der Waals surface area (Å²) in [5.74, 6) is 2.01. The Morgan fingerprint density at radius 3 is 2.11 bits per heavy atom. The van der Waals surface area contributed by atoms with E-state index >= 15 is 0 Å². The minimum Gasteiger partial charge on any atom is -0.368 e. The van der Waals surface area contributed by atoms with Crippen LogP contribution in [0.3, 0.4) is 0 Å². The number of ketones is 1. The summed E-state index contributed by atoms with van der Waals surface area (Å²) in [5, 5.41) is 0. The normalized spacial score (nSPS) is 36.6. The summed E-state index contributed by atoms with van der Waals surface area (Å²) in [7, 11) is 0. The van der Waals surface area contributed by atoms with Crippen LogP contribution >= 0.6 is 15.9 Å². The van der Waals surface area contributed by atoms with E-state index in [4.69, 9.17) is 0 Å². The van der Waals surface area contributed by atoms with Gasteiger partial charge in [-0.25, -0.2) is 0 Å². The Morgan fingerprint density at radius 2 is 1.57 bits per heavy atom. The standard InChI is InChI=1S/C23H29BrN2O2/c1-16(27)19-2-4-20(5-3-19)25-6-8-26(9-7-25)21(28)22-11-17-10-18(12-22)14-23(24,13-17)15-22/h2-5,17-18H,6-15H2,1H3. The average molecular weight is 445 g/mol. The predicted octanol–water partition coefficient (Wildman–Crippen LogP) is 4.27. The molecule has 4 bridgehead atoms. The zero-order valence-electron chi connectivity index (χ0n) is 16.6. The number of amides is 1. The van der Waals surface area contributed by atoms with Crippen molar-refractivity contribution >= 4 is 33.3 Å². The SMILES string of the molecule is CC(=O)c1ccc(N2CCN(C(=O)C34CC5CC(CC(Br)(C5)C3)C4)CC2)cc1. The van der Waals surface area contributed by atoms with Gasteiger partial charge >= 0.3 is 0 Å². The zero-order chi connectivity index (χ0) is 19.5. The fourth-order valence-corrected chi connectivity index (χ4v) is 8.26. The van der Waals surface area contributed by atoms with Crippen molar-refractivity contribution in [2.75, 3.05) is 31.1 Å². The molecule has 5 aliphatic rings. The first-order valence-corrected chi connectivity index (χ1v) is 11.5. The van der Waals surface area contributed by atoms with Crippen LogP contribution in [0.2, 0.25) is 0 Å². The minimum absolute atomic E-state index is 0.0983. The Labute approximate surface area is 175 Å². The summed E-state index contributed by atoms with van der Waals surface area (Å²) in [5.41, 5.74) is 1.80. The first kappa shape index (κ1) is 18.7. The predicted molar refractivity (Wildman–Crippen MR) is 114 cm³/mol. The van der Waals surface area contributed by atoms with Crippen LogP contribution in [0.5, 0.6) is 0 Å². The van der Waals surface area contributed by atoms with Crippen molar-refractivity contribution in [2.24, 2.45) is 17.3 Å². The van der Waals surface area contributed by atoms with E-state index in [1.807, 2.05) is 24.3 Å². The van der Waals surface area contributed by atoms with Crippen molar-refractivity contribution in [3.8, 4) is 0 Å². The smallest absolute Gasteiger partial charge is 0.228 e. The summed E-state index contributed by atoms with van der Waals surface area (Å²) in [6.07, 6.45) is 7.14. The highest BCUT2D eigenvalue weighted by Crippen LogP contribution is 2.64. The molecule has 5 fully saturated rings. The maximum Gasteiger partial charge on any atom is 0.228 e. The maximum atomic E-state index is 13.6. The lowest BCUT2D eigenvalue weighted by atomic mass is 9.49. The third-order valence-electron chi connectivity index (χ3n) is 7.65. The van der Waals surface area contributed by atoms with Gasteiger partial charge in [0.1, 0.15) is 0 Å². The van der Waals surface area contributed by atoms with Gasteiger partial charge in [-0.2, -0.15) is 0 Å². The van der Waals surface area contributed by atoms with Gasteiger partial charge in [0, 0.05) is 41.8 Å². The van der Waals surface area contributed by atoms with Crippen LogP contribution in [0.15, 0.2) is 24.3 Å². The van der Waals surface area contributed by atoms with E-state index in [0.29, 0.717) is 5.91 Å². The van der Waals surface area contributed by atoms with Crippen molar-refractivity contribution < 1.29 is 9.59 Å². The van der Waals surface area contributed by atoms with E-state index in [9.17, 15) is 9.59 Å². The number of halogens is 1. The number of piperazine rings is 1. The monoisotopic (exact) mass is 444 g/mol. The Kier molecular flexibility index (Phi) is 4.38.